The summed E-state index contributed by atoms with van der Waals surface area (Å²) in [5, 5.41) is 15.3. The van der Waals surface area contributed by atoms with Crippen LogP contribution in [0.4, 0.5) is 23.0 Å². The van der Waals surface area contributed by atoms with Crippen molar-refractivity contribution in [3.63, 3.8) is 0 Å². The van der Waals surface area contributed by atoms with E-state index in [9.17, 15) is 0 Å². The number of hydrogen-bond acceptors (Lipinski definition) is 6. The van der Waals surface area contributed by atoms with Crippen molar-refractivity contribution in [3.05, 3.63) is 65.4 Å². The number of rotatable bonds is 6. The molecule has 5 N–H and O–H groups in total. The molecule has 0 aliphatic rings. The van der Waals surface area contributed by atoms with Crippen LogP contribution in [0.15, 0.2) is 59.9 Å². The summed E-state index contributed by atoms with van der Waals surface area (Å²) < 4.78 is 0. The highest BCUT2D eigenvalue weighted by atomic mass is 35.5. The van der Waals surface area contributed by atoms with Crippen molar-refractivity contribution >= 4 is 52.0 Å². The van der Waals surface area contributed by atoms with E-state index in [4.69, 9.17) is 17.3 Å². The Morgan fingerprint density at radius 3 is 2.60 bits per heavy atom. The first-order valence-corrected chi connectivity index (χ1v) is 9.69. The fraction of sp³-hybridized carbons (Fsp3) is 0.143. The van der Waals surface area contributed by atoms with Gasteiger partial charge in [0.1, 0.15) is 23.3 Å². The Balaban J connectivity index is 1.69. The number of aromatic nitrogens is 4. The number of hydrogen-bond donors (Lipinski definition) is 4. The summed E-state index contributed by atoms with van der Waals surface area (Å²) in [7, 11) is 0. The Hall–Kier alpha value is -3.65. The SMILES string of the molecule is CC(C)(N=CN)c1cccc(Nc2[nH]nc3ncnc(Nc4cccc(Cl)c4)c23)c1. The zero-order valence-electron chi connectivity index (χ0n) is 16.5. The van der Waals surface area contributed by atoms with Gasteiger partial charge in [-0.25, -0.2) is 9.97 Å². The number of nitrogens with one attached hydrogen (secondary N) is 3. The number of aliphatic imine (C=N–C) groups is 1. The molecule has 9 heteroatoms. The smallest absolute Gasteiger partial charge is 0.188 e. The molecule has 4 aromatic rings. The number of halogens is 1. The minimum Gasteiger partial charge on any atom is -0.390 e. The quantitative estimate of drug-likeness (QED) is 0.265. The zero-order valence-corrected chi connectivity index (χ0v) is 17.3. The van der Waals surface area contributed by atoms with Crippen LogP contribution in [0.5, 0.6) is 0 Å². The minimum atomic E-state index is -0.440. The molecule has 152 valence electrons. The molecule has 0 spiro atoms. The van der Waals surface area contributed by atoms with E-state index in [1.165, 1.54) is 12.7 Å². The largest absolute Gasteiger partial charge is 0.390 e. The fourth-order valence-corrected chi connectivity index (χ4v) is 3.32. The van der Waals surface area contributed by atoms with Crippen molar-refractivity contribution < 1.29 is 0 Å². The van der Waals surface area contributed by atoms with Crippen molar-refractivity contribution in [2.24, 2.45) is 10.7 Å². The molecule has 2 heterocycles. The van der Waals surface area contributed by atoms with Crippen LogP contribution in [0.3, 0.4) is 0 Å². The third kappa shape index (κ3) is 4.04. The van der Waals surface area contributed by atoms with Gasteiger partial charge in [0.25, 0.3) is 0 Å². The Morgan fingerprint density at radius 1 is 1.07 bits per heavy atom. The van der Waals surface area contributed by atoms with E-state index in [0.29, 0.717) is 22.3 Å². The number of H-pyrrole nitrogens is 1. The van der Waals surface area contributed by atoms with Gasteiger partial charge in [0.05, 0.1) is 11.9 Å². The van der Waals surface area contributed by atoms with E-state index < -0.39 is 5.54 Å². The van der Waals surface area contributed by atoms with Gasteiger partial charge in [0.2, 0.25) is 0 Å². The van der Waals surface area contributed by atoms with Crippen LogP contribution in [0.1, 0.15) is 19.4 Å². The highest BCUT2D eigenvalue weighted by molar-refractivity contribution is 6.30. The van der Waals surface area contributed by atoms with Crippen molar-refractivity contribution in [3.8, 4) is 0 Å². The van der Waals surface area contributed by atoms with E-state index in [2.05, 4.69) is 35.8 Å². The molecule has 0 fully saturated rings. The molecule has 8 nitrogen and oxygen atoms in total. The van der Waals surface area contributed by atoms with Crippen LogP contribution in [-0.4, -0.2) is 26.5 Å². The van der Waals surface area contributed by atoms with Crippen molar-refractivity contribution in [2.75, 3.05) is 10.6 Å². The highest BCUT2D eigenvalue weighted by Gasteiger charge is 2.19. The molecule has 0 unspecified atom stereocenters. The van der Waals surface area contributed by atoms with E-state index >= 15 is 0 Å². The van der Waals surface area contributed by atoms with Crippen LogP contribution in [0.25, 0.3) is 11.0 Å². The molecular formula is C21H21ClN8. The molecule has 2 aromatic carbocycles. The molecule has 0 bridgehead atoms. The third-order valence-electron chi connectivity index (χ3n) is 4.67. The molecule has 0 atom stereocenters. The summed E-state index contributed by atoms with van der Waals surface area (Å²) >= 11 is 6.10. The van der Waals surface area contributed by atoms with E-state index in [1.807, 2.05) is 62.4 Å². The lowest BCUT2D eigenvalue weighted by molar-refractivity contribution is 0.560. The maximum absolute atomic E-state index is 6.10. The van der Waals surface area contributed by atoms with Gasteiger partial charge in [0, 0.05) is 16.4 Å². The molecule has 0 aliphatic heterocycles. The van der Waals surface area contributed by atoms with Gasteiger partial charge in [-0.2, -0.15) is 5.10 Å². The maximum Gasteiger partial charge on any atom is 0.188 e. The van der Waals surface area contributed by atoms with Crippen molar-refractivity contribution in [1.29, 1.82) is 0 Å². The first-order valence-electron chi connectivity index (χ1n) is 9.31. The van der Waals surface area contributed by atoms with Crippen LogP contribution < -0.4 is 16.4 Å². The third-order valence-corrected chi connectivity index (χ3v) is 4.91. The Morgan fingerprint density at radius 2 is 1.83 bits per heavy atom. The van der Waals surface area contributed by atoms with Crippen molar-refractivity contribution in [2.45, 2.75) is 19.4 Å². The van der Waals surface area contributed by atoms with Gasteiger partial charge in [-0.15, -0.1) is 0 Å². The summed E-state index contributed by atoms with van der Waals surface area (Å²) in [6, 6.07) is 15.4. The number of aromatic amines is 1. The number of nitrogens with zero attached hydrogens (tertiary/aromatic N) is 4. The summed E-state index contributed by atoms with van der Waals surface area (Å²) in [5.74, 6) is 1.29. The Kier molecular flexibility index (Phi) is 5.24. The lowest BCUT2D eigenvalue weighted by Gasteiger charge is -2.20. The molecule has 30 heavy (non-hydrogen) atoms. The topological polar surface area (TPSA) is 117 Å². The van der Waals surface area contributed by atoms with Gasteiger partial charge < -0.3 is 16.4 Å². The number of nitrogens with two attached hydrogens (primary N) is 1. The minimum absolute atomic E-state index is 0.440. The average Bonchev–Trinajstić information content (AvgIpc) is 3.12. The van der Waals surface area contributed by atoms with Crippen LogP contribution in [0.2, 0.25) is 5.02 Å². The van der Waals surface area contributed by atoms with Gasteiger partial charge >= 0.3 is 0 Å². The summed E-state index contributed by atoms with van der Waals surface area (Å²) in [4.78, 5) is 13.0. The number of anilines is 4. The van der Waals surface area contributed by atoms with E-state index in [-0.39, 0.29) is 0 Å². The number of benzene rings is 2. The molecular weight excluding hydrogens is 400 g/mol. The molecule has 0 amide bonds. The zero-order chi connectivity index (χ0) is 21.1. The van der Waals surface area contributed by atoms with Gasteiger partial charge in [-0.1, -0.05) is 29.8 Å². The standard InChI is InChI=1S/C21H21ClN8/c1-21(2,26-11-23)13-5-3-7-15(9-13)28-20-17-18(24-12-25-19(17)29-30-20)27-16-8-4-6-14(22)10-16/h3-12H,1-2H3,(H2,23,26)(H3,24,25,27,28,29,30). The highest BCUT2D eigenvalue weighted by Crippen LogP contribution is 2.32. The molecule has 0 saturated carbocycles. The summed E-state index contributed by atoms with van der Waals surface area (Å²) in [6.45, 7) is 4.00. The van der Waals surface area contributed by atoms with Gasteiger partial charge in [-0.05, 0) is 49.7 Å². The second-order valence-electron chi connectivity index (χ2n) is 7.20. The number of fused-ring (bicyclic) bond motifs is 1. The average molecular weight is 421 g/mol. The monoisotopic (exact) mass is 420 g/mol. The van der Waals surface area contributed by atoms with E-state index in [0.717, 1.165) is 22.3 Å². The fourth-order valence-electron chi connectivity index (χ4n) is 3.13. The lowest BCUT2D eigenvalue weighted by Crippen LogP contribution is -2.15. The maximum atomic E-state index is 6.10. The van der Waals surface area contributed by atoms with Gasteiger partial charge in [-0.3, -0.25) is 10.1 Å². The van der Waals surface area contributed by atoms with E-state index in [1.54, 1.807) is 0 Å². The second kappa shape index (κ2) is 8.00. The Bertz CT molecular complexity index is 1210. The molecule has 4 rings (SSSR count). The van der Waals surface area contributed by atoms with Crippen molar-refractivity contribution in [1.82, 2.24) is 20.2 Å². The van der Waals surface area contributed by atoms with Crippen LogP contribution >= 0.6 is 11.6 Å². The molecule has 0 aliphatic carbocycles. The summed E-state index contributed by atoms with van der Waals surface area (Å²) in [6.07, 6.45) is 2.79. The van der Waals surface area contributed by atoms with Crippen LogP contribution in [0, 0.1) is 0 Å². The molecule has 2 aromatic heterocycles. The first-order chi connectivity index (χ1) is 14.5. The molecule has 0 saturated heterocycles. The summed E-state index contributed by atoms with van der Waals surface area (Å²) in [5.41, 5.74) is 8.31. The van der Waals surface area contributed by atoms with Crippen LogP contribution in [-0.2, 0) is 5.54 Å². The second-order valence-corrected chi connectivity index (χ2v) is 7.63. The predicted molar refractivity (Wildman–Crippen MR) is 122 cm³/mol. The predicted octanol–water partition coefficient (Wildman–Crippen LogP) is 4.72. The first kappa shape index (κ1) is 19.7. The molecule has 0 radical (unpaired) electrons. The Labute approximate surface area is 178 Å². The lowest BCUT2D eigenvalue weighted by atomic mass is 9.95. The normalized spacial score (nSPS) is 11.8. The van der Waals surface area contributed by atoms with Gasteiger partial charge in [0.15, 0.2) is 5.65 Å².